The molecule has 1 atom stereocenters. The summed E-state index contributed by atoms with van der Waals surface area (Å²) in [6.07, 6.45) is 1.90. The smallest absolute Gasteiger partial charge is 0.0544 e. The fourth-order valence-corrected chi connectivity index (χ4v) is 2.80. The van der Waals surface area contributed by atoms with Crippen LogP contribution < -0.4 is 5.73 Å². The van der Waals surface area contributed by atoms with Gasteiger partial charge in [0.1, 0.15) is 0 Å². The minimum absolute atomic E-state index is 0.185. The summed E-state index contributed by atoms with van der Waals surface area (Å²) in [6, 6.07) is 6.52. The lowest BCUT2D eigenvalue weighted by molar-refractivity contribution is 0.646. The van der Waals surface area contributed by atoms with Crippen LogP contribution in [0.1, 0.15) is 39.7 Å². The van der Waals surface area contributed by atoms with Gasteiger partial charge in [-0.05, 0) is 30.5 Å². The molecule has 0 aromatic heterocycles. The molecule has 0 saturated carbocycles. The quantitative estimate of drug-likeness (QED) is 0.816. The molecule has 0 fully saturated rings. The lowest BCUT2D eigenvalue weighted by Gasteiger charge is -2.19. The molecule has 1 aromatic rings. The number of halogens is 1. The van der Waals surface area contributed by atoms with Crippen molar-refractivity contribution >= 4 is 23.4 Å². The summed E-state index contributed by atoms with van der Waals surface area (Å²) in [5.41, 5.74) is 7.17. The van der Waals surface area contributed by atoms with Crippen LogP contribution in [-0.2, 0) is 6.42 Å². The van der Waals surface area contributed by atoms with Crippen LogP contribution >= 0.6 is 23.4 Å². The van der Waals surface area contributed by atoms with E-state index in [1.165, 1.54) is 5.56 Å². The summed E-state index contributed by atoms with van der Waals surface area (Å²) in [6.45, 7) is 8.68. The van der Waals surface area contributed by atoms with Crippen LogP contribution in [0.25, 0.3) is 0 Å². The monoisotopic (exact) mass is 271 g/mol. The van der Waals surface area contributed by atoms with E-state index in [1.54, 1.807) is 11.8 Å². The molecule has 17 heavy (non-hydrogen) atoms. The lowest BCUT2D eigenvalue weighted by Crippen LogP contribution is -2.21. The van der Waals surface area contributed by atoms with E-state index in [-0.39, 0.29) is 10.8 Å². The Kier molecular flexibility index (Phi) is 5.36. The van der Waals surface area contributed by atoms with Gasteiger partial charge >= 0.3 is 0 Å². The van der Waals surface area contributed by atoms with Gasteiger partial charge in [0.05, 0.1) is 5.02 Å². The van der Waals surface area contributed by atoms with Gasteiger partial charge in [-0.25, -0.2) is 0 Å². The Morgan fingerprint density at radius 3 is 2.47 bits per heavy atom. The van der Waals surface area contributed by atoms with Gasteiger partial charge in [0.25, 0.3) is 0 Å². The molecule has 1 aromatic carbocycles. The zero-order valence-electron chi connectivity index (χ0n) is 11.1. The van der Waals surface area contributed by atoms with Crippen molar-refractivity contribution in [2.24, 2.45) is 5.73 Å². The first-order valence-corrected chi connectivity index (χ1v) is 7.24. The highest BCUT2D eigenvalue weighted by molar-refractivity contribution is 8.00. The van der Waals surface area contributed by atoms with Gasteiger partial charge in [-0.3, -0.25) is 0 Å². The molecule has 0 radical (unpaired) electrons. The van der Waals surface area contributed by atoms with E-state index in [9.17, 15) is 0 Å². The van der Waals surface area contributed by atoms with Gasteiger partial charge in [0.2, 0.25) is 0 Å². The first kappa shape index (κ1) is 14.9. The minimum atomic E-state index is 0.185. The third-order valence-electron chi connectivity index (χ3n) is 2.43. The SMILES string of the molecule is CCC(N)Cc1ccc(SC(C)(C)C)c(Cl)c1. The summed E-state index contributed by atoms with van der Waals surface area (Å²) < 4.78 is 0.185. The Balaban J connectivity index is 2.79. The third-order valence-corrected chi connectivity index (χ3v) is 4.05. The second-order valence-electron chi connectivity index (χ2n) is 5.35. The van der Waals surface area contributed by atoms with E-state index in [0.717, 1.165) is 22.8 Å². The van der Waals surface area contributed by atoms with Crippen LogP contribution in [0.15, 0.2) is 23.1 Å². The number of rotatable bonds is 4. The van der Waals surface area contributed by atoms with Crippen LogP contribution in [0.4, 0.5) is 0 Å². The predicted molar refractivity (Wildman–Crippen MR) is 79.0 cm³/mol. The van der Waals surface area contributed by atoms with E-state index >= 15 is 0 Å². The molecule has 0 aliphatic rings. The number of benzene rings is 1. The maximum Gasteiger partial charge on any atom is 0.0544 e. The Labute approximate surface area is 114 Å². The van der Waals surface area contributed by atoms with Crippen LogP contribution in [0.3, 0.4) is 0 Å². The van der Waals surface area contributed by atoms with Crippen molar-refractivity contribution in [3.63, 3.8) is 0 Å². The molecule has 1 nitrogen and oxygen atoms in total. The molecule has 1 unspecified atom stereocenters. The first-order chi connectivity index (χ1) is 7.81. The summed E-state index contributed by atoms with van der Waals surface area (Å²) in [5, 5.41) is 0.839. The molecule has 1 rings (SSSR count). The van der Waals surface area contributed by atoms with Crippen LogP contribution in [0.2, 0.25) is 5.02 Å². The second kappa shape index (κ2) is 6.12. The van der Waals surface area contributed by atoms with Gasteiger partial charge in [-0.1, -0.05) is 45.4 Å². The molecule has 0 aliphatic heterocycles. The second-order valence-corrected chi connectivity index (χ2v) is 7.63. The first-order valence-electron chi connectivity index (χ1n) is 6.05. The molecule has 2 N–H and O–H groups in total. The normalized spacial score (nSPS) is 13.8. The van der Waals surface area contributed by atoms with Crippen molar-refractivity contribution in [2.75, 3.05) is 0 Å². The van der Waals surface area contributed by atoms with E-state index in [2.05, 4.69) is 39.8 Å². The van der Waals surface area contributed by atoms with Gasteiger partial charge in [-0.15, -0.1) is 11.8 Å². The van der Waals surface area contributed by atoms with E-state index in [0.29, 0.717) is 0 Å². The van der Waals surface area contributed by atoms with Gasteiger partial charge in [0.15, 0.2) is 0 Å². The summed E-state index contributed by atoms with van der Waals surface area (Å²) >= 11 is 8.10. The Morgan fingerprint density at radius 2 is 2.00 bits per heavy atom. The minimum Gasteiger partial charge on any atom is -0.327 e. The molecule has 0 bridgehead atoms. The average molecular weight is 272 g/mol. The Hall–Kier alpha value is -0.180. The highest BCUT2D eigenvalue weighted by Gasteiger charge is 2.14. The van der Waals surface area contributed by atoms with Crippen molar-refractivity contribution in [3.05, 3.63) is 28.8 Å². The largest absolute Gasteiger partial charge is 0.327 e. The fraction of sp³-hybridized carbons (Fsp3) is 0.571. The molecule has 3 heteroatoms. The van der Waals surface area contributed by atoms with Crippen molar-refractivity contribution in [3.8, 4) is 0 Å². The average Bonchev–Trinajstić information content (AvgIpc) is 2.20. The number of hydrogen-bond donors (Lipinski definition) is 1. The van der Waals surface area contributed by atoms with Crippen molar-refractivity contribution < 1.29 is 0 Å². The van der Waals surface area contributed by atoms with Gasteiger partial charge in [-0.2, -0.15) is 0 Å². The molecule has 96 valence electrons. The fourth-order valence-electron chi connectivity index (χ4n) is 1.53. The predicted octanol–water partition coefficient (Wildman–Crippen LogP) is 4.51. The van der Waals surface area contributed by atoms with E-state index in [4.69, 9.17) is 17.3 Å². The summed E-state index contributed by atoms with van der Waals surface area (Å²) in [7, 11) is 0. The highest BCUT2D eigenvalue weighted by atomic mass is 35.5. The highest BCUT2D eigenvalue weighted by Crippen LogP contribution is 2.36. The molecular weight excluding hydrogens is 250 g/mol. The number of nitrogens with two attached hydrogens (primary N) is 1. The van der Waals surface area contributed by atoms with Crippen LogP contribution in [0, 0.1) is 0 Å². The van der Waals surface area contributed by atoms with Crippen molar-refractivity contribution in [1.82, 2.24) is 0 Å². The maximum atomic E-state index is 6.30. The standard InChI is InChI=1S/C14H22ClNS/c1-5-11(16)8-10-6-7-13(12(15)9-10)17-14(2,3)4/h6-7,9,11H,5,8,16H2,1-4H3. The molecule has 0 spiro atoms. The Morgan fingerprint density at radius 1 is 1.35 bits per heavy atom. The molecule has 0 heterocycles. The Bertz CT molecular complexity index is 371. The molecule has 0 amide bonds. The van der Waals surface area contributed by atoms with Crippen LogP contribution in [-0.4, -0.2) is 10.8 Å². The van der Waals surface area contributed by atoms with Gasteiger partial charge in [0, 0.05) is 15.7 Å². The third kappa shape index (κ3) is 5.33. The van der Waals surface area contributed by atoms with Crippen molar-refractivity contribution in [2.45, 2.75) is 56.2 Å². The lowest BCUT2D eigenvalue weighted by atomic mass is 10.1. The van der Waals surface area contributed by atoms with Gasteiger partial charge < -0.3 is 5.73 Å². The molecule has 0 saturated heterocycles. The molecular formula is C14H22ClNS. The number of thioether (sulfide) groups is 1. The summed E-state index contributed by atoms with van der Waals surface area (Å²) in [4.78, 5) is 1.15. The zero-order valence-corrected chi connectivity index (χ0v) is 12.7. The topological polar surface area (TPSA) is 26.0 Å². The zero-order chi connectivity index (χ0) is 13.1. The van der Waals surface area contributed by atoms with Crippen LogP contribution in [0.5, 0.6) is 0 Å². The number of hydrogen-bond acceptors (Lipinski definition) is 2. The molecule has 0 aliphatic carbocycles. The van der Waals surface area contributed by atoms with Crippen molar-refractivity contribution in [1.29, 1.82) is 0 Å². The van der Waals surface area contributed by atoms with E-state index < -0.39 is 0 Å². The maximum absolute atomic E-state index is 6.30. The summed E-state index contributed by atoms with van der Waals surface area (Å²) in [5.74, 6) is 0. The van der Waals surface area contributed by atoms with E-state index in [1.807, 2.05) is 6.07 Å².